The van der Waals surface area contributed by atoms with Gasteiger partial charge in [0.1, 0.15) is 12.2 Å². The molecule has 0 amide bonds. The van der Waals surface area contributed by atoms with Crippen molar-refractivity contribution >= 4 is 0 Å². The van der Waals surface area contributed by atoms with Gasteiger partial charge in [-0.1, -0.05) is 41.5 Å². The van der Waals surface area contributed by atoms with Crippen LogP contribution in [0.3, 0.4) is 0 Å². The van der Waals surface area contributed by atoms with Crippen molar-refractivity contribution in [3.05, 3.63) is 0 Å². The minimum Gasteiger partial charge on any atom is -0.396 e. The first-order chi connectivity index (χ1) is 37.8. The van der Waals surface area contributed by atoms with Gasteiger partial charge in [0.25, 0.3) is 0 Å². The fourth-order valence-corrected chi connectivity index (χ4v) is 4.99. The van der Waals surface area contributed by atoms with Crippen LogP contribution in [0.4, 0.5) is 0 Å². The average Bonchev–Trinajstić information content (AvgIpc) is 4.19. The molecule has 1 fully saturated rings. The van der Waals surface area contributed by atoms with E-state index in [9.17, 15) is 0 Å². The zero-order valence-electron chi connectivity index (χ0n) is 59.1. The standard InChI is InChI=1S/C8H18O.2C7H16O2.C7H14O.2C6H14O3.2C6H14O2.C6H14O.C5H12O2/c1-7(2)5-8(3,4)6-9;1-6(2)9-5-7(3,4)8;1-6(2)9-7(3,4)5-8;1-6(2)8-5-7-3-4-7;2*1-5(2)9-4-6(8)3-7;2*1-5(2)8-4-6(3)7;1-6(2)4-3-5-7;1-5(2)7-4-3-6/h7,9H,5-6H2,1-4H3;2*6,8H,5H2,1-4H3;6-7H,3-5H2,1-2H3;2*5-8H,3-4H2,1-2H3;2*5-7H,4H2,1-3H3;6-7H,3-5H2,1-2H3;5-6H,3-4H2,1-2H3/t;;;;4*6-;;/m....1010../s1. The predicted molar refractivity (Wildman–Crippen MR) is 342 cm³/mol. The molecule has 1 rings (SSSR count). The molecule has 1 aliphatic carbocycles. The van der Waals surface area contributed by atoms with Gasteiger partial charge in [0.05, 0.1) is 138 Å². The summed E-state index contributed by atoms with van der Waals surface area (Å²) in [5, 5.41) is 94.7. The Labute approximate surface area is 511 Å². The predicted octanol–water partition coefficient (Wildman–Crippen LogP) is 9.17. The van der Waals surface area contributed by atoms with E-state index in [-0.39, 0.29) is 106 Å². The molecule has 0 spiro atoms. The highest BCUT2D eigenvalue weighted by atomic mass is 16.5. The molecule has 1 saturated carbocycles. The largest absolute Gasteiger partial charge is 0.396 e. The minimum absolute atomic E-state index is 0.0746. The third-order valence-electron chi connectivity index (χ3n) is 8.95. The maximum atomic E-state index is 9.14. The van der Waals surface area contributed by atoms with Gasteiger partial charge >= 0.3 is 0 Å². The number of hydrogen-bond donors (Lipinski definition) is 11. The van der Waals surface area contributed by atoms with Crippen LogP contribution in [0.15, 0.2) is 0 Å². The van der Waals surface area contributed by atoms with E-state index >= 15 is 0 Å². The first-order valence-electron chi connectivity index (χ1n) is 30.9. The van der Waals surface area contributed by atoms with E-state index in [0.717, 1.165) is 37.7 Å². The van der Waals surface area contributed by atoms with E-state index in [1.165, 1.54) is 12.8 Å². The second-order valence-electron chi connectivity index (χ2n) is 25.8. The van der Waals surface area contributed by atoms with Crippen molar-refractivity contribution in [1.82, 2.24) is 0 Å². The molecular formula is C64H146O19. The molecule has 0 aromatic rings. The number of aliphatic hydroxyl groups excluding tert-OH is 10. The van der Waals surface area contributed by atoms with Gasteiger partial charge in [-0.25, -0.2) is 0 Å². The van der Waals surface area contributed by atoms with Crippen LogP contribution < -0.4 is 0 Å². The van der Waals surface area contributed by atoms with Crippen LogP contribution in [0.2, 0.25) is 0 Å². The van der Waals surface area contributed by atoms with Gasteiger partial charge in [-0.05, 0) is 208 Å². The highest BCUT2D eigenvalue weighted by Gasteiger charge is 2.21. The van der Waals surface area contributed by atoms with Crippen molar-refractivity contribution in [2.75, 3.05) is 85.9 Å². The summed E-state index contributed by atoms with van der Waals surface area (Å²) in [4.78, 5) is 0. The Kier molecular flexibility index (Phi) is 81.9. The zero-order chi connectivity index (χ0) is 67.5. The molecule has 0 aromatic carbocycles. The molecule has 0 unspecified atom stereocenters. The molecule has 4 atom stereocenters. The maximum absolute atomic E-state index is 9.14. The summed E-state index contributed by atoms with van der Waals surface area (Å²) < 4.78 is 40.9. The topological polar surface area (TPSA) is 296 Å². The molecule has 0 bridgehead atoms. The smallest absolute Gasteiger partial charge is 0.100 e. The Bertz CT molecular complexity index is 1070. The van der Waals surface area contributed by atoms with Crippen molar-refractivity contribution < 1.29 is 94.1 Å². The first-order valence-corrected chi connectivity index (χ1v) is 30.9. The summed E-state index contributed by atoms with van der Waals surface area (Å²) in [6, 6.07) is 0. The van der Waals surface area contributed by atoms with Crippen molar-refractivity contribution in [2.45, 2.75) is 310 Å². The molecule has 0 aromatic heterocycles. The lowest BCUT2D eigenvalue weighted by Crippen LogP contribution is -2.31. The summed E-state index contributed by atoms with van der Waals surface area (Å²) in [6.07, 6.45) is 5.62. The summed E-state index contributed by atoms with van der Waals surface area (Å²) in [5.74, 6) is 2.34. The van der Waals surface area contributed by atoms with Crippen LogP contribution in [0.25, 0.3) is 0 Å². The van der Waals surface area contributed by atoms with Crippen LogP contribution in [-0.2, 0) is 37.9 Å². The molecule has 0 aliphatic heterocycles. The number of aliphatic hydroxyl groups is 11. The highest BCUT2D eigenvalue weighted by molar-refractivity contribution is 4.72. The van der Waals surface area contributed by atoms with Gasteiger partial charge in [-0.3, -0.25) is 0 Å². The van der Waals surface area contributed by atoms with Crippen LogP contribution >= 0.6 is 0 Å². The van der Waals surface area contributed by atoms with E-state index in [4.69, 9.17) is 94.1 Å². The Morgan fingerprint density at radius 3 is 0.904 bits per heavy atom. The van der Waals surface area contributed by atoms with Crippen molar-refractivity contribution in [3.63, 3.8) is 0 Å². The fraction of sp³-hybridized carbons (Fsp3) is 1.00. The van der Waals surface area contributed by atoms with Gasteiger partial charge in [-0.15, -0.1) is 0 Å². The van der Waals surface area contributed by atoms with Gasteiger partial charge in [0.2, 0.25) is 0 Å². The van der Waals surface area contributed by atoms with Gasteiger partial charge in [0.15, 0.2) is 0 Å². The van der Waals surface area contributed by atoms with E-state index < -0.39 is 17.8 Å². The number of rotatable bonds is 32. The summed E-state index contributed by atoms with van der Waals surface area (Å²) >= 11 is 0. The maximum Gasteiger partial charge on any atom is 0.100 e. The van der Waals surface area contributed by atoms with E-state index in [1.807, 2.05) is 111 Å². The second-order valence-corrected chi connectivity index (χ2v) is 25.8. The normalized spacial score (nSPS) is 13.7. The van der Waals surface area contributed by atoms with Crippen molar-refractivity contribution in [2.24, 2.45) is 23.2 Å². The molecule has 516 valence electrons. The Morgan fingerprint density at radius 2 is 0.759 bits per heavy atom. The van der Waals surface area contributed by atoms with Crippen LogP contribution in [-0.4, -0.2) is 227 Å². The van der Waals surface area contributed by atoms with Gasteiger partial charge in [0, 0.05) is 19.8 Å². The molecule has 0 radical (unpaired) electrons. The molecule has 83 heavy (non-hydrogen) atoms. The molecule has 19 nitrogen and oxygen atoms in total. The lowest BCUT2D eigenvalue weighted by molar-refractivity contribution is -0.0842. The number of hydrogen-bond acceptors (Lipinski definition) is 19. The summed E-state index contributed by atoms with van der Waals surface area (Å²) in [6.45, 7) is 58.2. The Hall–Kier alpha value is -0.760. The lowest BCUT2D eigenvalue weighted by atomic mass is 9.85. The lowest BCUT2D eigenvalue weighted by Gasteiger charge is -2.24. The summed E-state index contributed by atoms with van der Waals surface area (Å²) in [5.41, 5.74) is -0.952. The quantitative estimate of drug-likeness (QED) is 0.0299. The molecule has 0 heterocycles. The van der Waals surface area contributed by atoms with E-state index in [0.29, 0.717) is 51.7 Å². The molecular weight excluding hydrogens is 1070 g/mol. The molecule has 0 saturated heterocycles. The fourth-order valence-electron chi connectivity index (χ4n) is 4.99. The third kappa shape index (κ3) is 136. The minimum atomic E-state index is -0.729. The SMILES string of the molecule is CC(C)CC(C)(C)CO.CC(C)CCCO.CC(C)OC(C)(C)CO.CC(C)OCC(C)(C)O.CC(C)OCC1CC1.CC(C)OCCO.CC(C)OC[C@@H](C)O.CC(C)OC[C@@H](O)CO.CC(C)OC[C@H](C)O.CC(C)OC[C@H](O)CO. The van der Waals surface area contributed by atoms with Gasteiger partial charge < -0.3 is 94.1 Å². The van der Waals surface area contributed by atoms with Crippen LogP contribution in [0.1, 0.15) is 226 Å². The zero-order valence-corrected chi connectivity index (χ0v) is 59.1. The Balaban J connectivity index is -0.000000105. The van der Waals surface area contributed by atoms with E-state index in [2.05, 4.69) is 55.4 Å². The third-order valence-corrected chi connectivity index (χ3v) is 8.95. The average molecular weight is 1220 g/mol. The first kappa shape index (κ1) is 101. The molecule has 1 aliphatic rings. The van der Waals surface area contributed by atoms with Crippen molar-refractivity contribution in [1.29, 1.82) is 0 Å². The van der Waals surface area contributed by atoms with Crippen molar-refractivity contribution in [3.8, 4) is 0 Å². The monoisotopic (exact) mass is 1220 g/mol. The molecule has 11 N–H and O–H groups in total. The Morgan fingerprint density at radius 1 is 0.410 bits per heavy atom. The second kappa shape index (κ2) is 67.2. The highest BCUT2D eigenvalue weighted by Crippen LogP contribution is 2.29. The summed E-state index contributed by atoms with van der Waals surface area (Å²) in [7, 11) is 0. The van der Waals surface area contributed by atoms with Gasteiger partial charge in [-0.2, -0.15) is 0 Å². The number of ether oxygens (including phenoxy) is 8. The molecule has 19 heteroatoms. The van der Waals surface area contributed by atoms with Crippen LogP contribution in [0.5, 0.6) is 0 Å². The van der Waals surface area contributed by atoms with E-state index in [1.54, 1.807) is 27.7 Å². The van der Waals surface area contributed by atoms with Crippen LogP contribution in [0, 0.1) is 23.2 Å².